The van der Waals surface area contributed by atoms with Gasteiger partial charge >= 0.3 is 0 Å². The second-order valence-corrected chi connectivity index (χ2v) is 6.99. The number of benzene rings is 1. The fraction of sp³-hybridized carbons (Fsp3) is 0.333. The molecule has 1 aromatic carbocycles. The molecule has 25 heavy (non-hydrogen) atoms. The van der Waals surface area contributed by atoms with Gasteiger partial charge in [-0.25, -0.2) is 0 Å². The highest BCUT2D eigenvalue weighted by molar-refractivity contribution is 7.12. The number of hydrogen-bond acceptors (Lipinski definition) is 5. The maximum atomic E-state index is 12.4. The quantitative estimate of drug-likeness (QED) is 0.849. The van der Waals surface area contributed by atoms with E-state index in [2.05, 4.69) is 10.2 Å². The van der Waals surface area contributed by atoms with E-state index in [1.165, 1.54) is 11.3 Å². The molecule has 1 unspecified atom stereocenters. The van der Waals surface area contributed by atoms with Crippen molar-refractivity contribution in [1.82, 2.24) is 10.2 Å². The third kappa shape index (κ3) is 4.25. The van der Waals surface area contributed by atoms with Crippen LogP contribution < -0.4 is 11.1 Å². The SMILES string of the molecule is CN1CCOC(CNC(=O)c2cccc(-c3ccsc3C(N)=O)c2)C1. The fourth-order valence-electron chi connectivity index (χ4n) is 2.85. The summed E-state index contributed by atoms with van der Waals surface area (Å²) in [6.07, 6.45) is 0.00391. The molecule has 3 rings (SSSR count). The fourth-order valence-corrected chi connectivity index (χ4v) is 3.62. The summed E-state index contributed by atoms with van der Waals surface area (Å²) < 4.78 is 5.65. The van der Waals surface area contributed by atoms with Crippen molar-refractivity contribution in [3.63, 3.8) is 0 Å². The number of carbonyl (C=O) groups is 2. The van der Waals surface area contributed by atoms with E-state index in [4.69, 9.17) is 10.5 Å². The Balaban J connectivity index is 1.69. The maximum absolute atomic E-state index is 12.4. The molecule has 0 aliphatic carbocycles. The highest BCUT2D eigenvalue weighted by Gasteiger charge is 2.19. The molecular formula is C18H21N3O3S. The predicted octanol–water partition coefficient (Wildman–Crippen LogP) is 1.57. The highest BCUT2D eigenvalue weighted by atomic mass is 32.1. The van der Waals surface area contributed by atoms with Crippen molar-refractivity contribution < 1.29 is 14.3 Å². The second-order valence-electron chi connectivity index (χ2n) is 6.07. The summed E-state index contributed by atoms with van der Waals surface area (Å²) >= 11 is 1.30. The Bertz CT molecular complexity index is 774. The third-order valence-electron chi connectivity index (χ3n) is 4.16. The van der Waals surface area contributed by atoms with Crippen LogP contribution in [-0.4, -0.2) is 56.1 Å². The number of likely N-dealkylation sites (N-methyl/N-ethyl adjacent to an activating group) is 1. The lowest BCUT2D eigenvalue weighted by Crippen LogP contribution is -2.45. The molecule has 2 heterocycles. The van der Waals surface area contributed by atoms with Crippen LogP contribution in [0.3, 0.4) is 0 Å². The molecule has 1 saturated heterocycles. The Morgan fingerprint density at radius 2 is 2.24 bits per heavy atom. The van der Waals surface area contributed by atoms with Gasteiger partial charge in [-0.3, -0.25) is 9.59 Å². The molecule has 7 heteroatoms. The van der Waals surface area contributed by atoms with Crippen LogP contribution in [0.1, 0.15) is 20.0 Å². The van der Waals surface area contributed by atoms with Crippen LogP contribution in [0.2, 0.25) is 0 Å². The molecule has 2 aromatic rings. The van der Waals surface area contributed by atoms with Gasteiger partial charge in [-0.2, -0.15) is 0 Å². The van der Waals surface area contributed by atoms with E-state index >= 15 is 0 Å². The summed E-state index contributed by atoms with van der Waals surface area (Å²) in [6.45, 7) is 2.87. The van der Waals surface area contributed by atoms with Gasteiger partial charge in [-0.05, 0) is 36.2 Å². The first-order chi connectivity index (χ1) is 12.0. The number of rotatable bonds is 5. The first-order valence-corrected chi connectivity index (χ1v) is 8.98. The van der Waals surface area contributed by atoms with Gasteiger partial charge in [0.2, 0.25) is 0 Å². The van der Waals surface area contributed by atoms with E-state index in [0.717, 1.165) is 24.2 Å². The van der Waals surface area contributed by atoms with Crippen LogP contribution in [0.4, 0.5) is 0 Å². The average molecular weight is 359 g/mol. The second kappa shape index (κ2) is 7.77. The number of hydrogen-bond donors (Lipinski definition) is 2. The molecule has 0 radical (unpaired) electrons. The van der Waals surface area contributed by atoms with E-state index < -0.39 is 5.91 Å². The first kappa shape index (κ1) is 17.6. The van der Waals surface area contributed by atoms with E-state index in [1.54, 1.807) is 18.2 Å². The number of nitrogens with one attached hydrogen (secondary N) is 1. The molecule has 132 valence electrons. The maximum Gasteiger partial charge on any atom is 0.259 e. The minimum absolute atomic E-state index is 0.00391. The molecule has 1 fully saturated rings. The summed E-state index contributed by atoms with van der Waals surface area (Å²) in [4.78, 5) is 26.6. The van der Waals surface area contributed by atoms with Crippen molar-refractivity contribution in [3.8, 4) is 11.1 Å². The van der Waals surface area contributed by atoms with Crippen molar-refractivity contribution in [2.45, 2.75) is 6.10 Å². The van der Waals surface area contributed by atoms with Crippen LogP contribution in [0, 0.1) is 0 Å². The number of nitrogens with two attached hydrogens (primary N) is 1. The lowest BCUT2D eigenvalue weighted by atomic mass is 10.0. The number of thiophene rings is 1. The van der Waals surface area contributed by atoms with Gasteiger partial charge in [0.15, 0.2) is 0 Å². The summed E-state index contributed by atoms with van der Waals surface area (Å²) in [5.74, 6) is -0.618. The Morgan fingerprint density at radius 3 is 3.00 bits per heavy atom. The zero-order valence-electron chi connectivity index (χ0n) is 14.0. The number of morpholine rings is 1. The molecular weight excluding hydrogens is 338 g/mol. The van der Waals surface area contributed by atoms with E-state index in [9.17, 15) is 9.59 Å². The van der Waals surface area contributed by atoms with E-state index in [-0.39, 0.29) is 12.0 Å². The van der Waals surface area contributed by atoms with E-state index in [0.29, 0.717) is 23.6 Å². The smallest absolute Gasteiger partial charge is 0.259 e. The highest BCUT2D eigenvalue weighted by Crippen LogP contribution is 2.28. The molecule has 3 N–H and O–H groups in total. The summed E-state index contributed by atoms with van der Waals surface area (Å²) in [5.41, 5.74) is 7.51. The normalized spacial score (nSPS) is 18.0. The standard InChI is InChI=1S/C18H21N3O3S/c1-21-6-7-24-14(11-21)10-20-18(23)13-4-2-3-12(9-13)15-5-8-25-16(15)17(19)22/h2-5,8-9,14H,6-7,10-11H2,1H3,(H2,19,22)(H,20,23). The lowest BCUT2D eigenvalue weighted by molar-refractivity contribution is -0.0175. The Morgan fingerprint density at radius 1 is 1.40 bits per heavy atom. The summed E-state index contributed by atoms with van der Waals surface area (Å²) in [5, 5.41) is 4.74. The topological polar surface area (TPSA) is 84.7 Å². The lowest BCUT2D eigenvalue weighted by Gasteiger charge is -2.30. The molecule has 0 saturated carbocycles. The number of ether oxygens (including phenoxy) is 1. The zero-order valence-corrected chi connectivity index (χ0v) is 14.8. The van der Waals surface area contributed by atoms with Crippen LogP contribution in [0.5, 0.6) is 0 Å². The van der Waals surface area contributed by atoms with Crippen LogP contribution in [-0.2, 0) is 4.74 Å². The Hall–Kier alpha value is -2.22. The largest absolute Gasteiger partial charge is 0.374 e. The van der Waals surface area contributed by atoms with Gasteiger partial charge in [-0.1, -0.05) is 12.1 Å². The van der Waals surface area contributed by atoms with Gasteiger partial charge in [-0.15, -0.1) is 11.3 Å². The first-order valence-electron chi connectivity index (χ1n) is 8.10. The number of amides is 2. The van der Waals surface area contributed by atoms with Crippen LogP contribution in [0.15, 0.2) is 35.7 Å². The van der Waals surface area contributed by atoms with Gasteiger partial charge in [0.1, 0.15) is 0 Å². The molecule has 0 spiro atoms. The monoisotopic (exact) mass is 359 g/mol. The van der Waals surface area contributed by atoms with Crippen molar-refractivity contribution in [2.24, 2.45) is 5.73 Å². The molecule has 1 aliphatic rings. The number of carbonyl (C=O) groups excluding carboxylic acids is 2. The minimum atomic E-state index is -0.460. The van der Waals surface area contributed by atoms with Crippen molar-refractivity contribution in [2.75, 3.05) is 33.3 Å². The molecule has 1 aliphatic heterocycles. The van der Waals surface area contributed by atoms with Crippen molar-refractivity contribution in [3.05, 3.63) is 46.2 Å². The van der Waals surface area contributed by atoms with Gasteiger partial charge in [0.25, 0.3) is 11.8 Å². The van der Waals surface area contributed by atoms with Crippen molar-refractivity contribution in [1.29, 1.82) is 0 Å². The van der Waals surface area contributed by atoms with E-state index in [1.807, 2.05) is 24.6 Å². The van der Waals surface area contributed by atoms with Gasteiger partial charge in [0, 0.05) is 30.8 Å². The summed E-state index contributed by atoms with van der Waals surface area (Å²) in [6, 6.07) is 9.04. The van der Waals surface area contributed by atoms with Gasteiger partial charge in [0.05, 0.1) is 17.6 Å². The van der Waals surface area contributed by atoms with Crippen LogP contribution in [0.25, 0.3) is 11.1 Å². The molecule has 1 atom stereocenters. The Labute approximate surface area is 150 Å². The third-order valence-corrected chi connectivity index (χ3v) is 5.09. The predicted molar refractivity (Wildman–Crippen MR) is 97.8 cm³/mol. The van der Waals surface area contributed by atoms with Gasteiger partial charge < -0.3 is 20.7 Å². The summed E-state index contributed by atoms with van der Waals surface area (Å²) in [7, 11) is 2.04. The van der Waals surface area contributed by atoms with Crippen molar-refractivity contribution >= 4 is 23.2 Å². The Kier molecular flexibility index (Phi) is 5.47. The average Bonchev–Trinajstić information content (AvgIpc) is 3.10. The number of primary amides is 1. The molecule has 0 bridgehead atoms. The molecule has 6 nitrogen and oxygen atoms in total. The molecule has 2 amide bonds. The minimum Gasteiger partial charge on any atom is -0.374 e. The molecule has 1 aromatic heterocycles. The zero-order chi connectivity index (χ0) is 17.8. The van der Waals surface area contributed by atoms with Crippen LogP contribution >= 0.6 is 11.3 Å². The number of nitrogens with zero attached hydrogens (tertiary/aromatic N) is 1.